The van der Waals surface area contributed by atoms with Crippen molar-refractivity contribution in [1.82, 2.24) is 9.88 Å². The molecule has 0 aliphatic rings. The van der Waals surface area contributed by atoms with Gasteiger partial charge in [-0.15, -0.1) is 0 Å². The third-order valence-electron chi connectivity index (χ3n) is 3.69. The molecule has 0 spiro atoms. The summed E-state index contributed by atoms with van der Waals surface area (Å²) < 4.78 is 0. The van der Waals surface area contributed by atoms with E-state index in [1.165, 1.54) is 0 Å². The van der Waals surface area contributed by atoms with Crippen LogP contribution in [0.4, 0.5) is 5.69 Å². The van der Waals surface area contributed by atoms with Crippen molar-refractivity contribution >= 4 is 23.2 Å². The molecule has 4 nitrogen and oxygen atoms in total. The number of likely N-dealkylation sites (N-methyl/N-ethyl adjacent to an activating group) is 1. The molecule has 0 saturated heterocycles. The molecular formula is C18H22ClN3O. The maximum absolute atomic E-state index is 12.3. The van der Waals surface area contributed by atoms with Crippen molar-refractivity contribution in [2.75, 3.05) is 18.9 Å². The Kier molecular flexibility index (Phi) is 6.13. The molecule has 0 fully saturated rings. The quantitative estimate of drug-likeness (QED) is 0.870. The number of rotatable bonds is 6. The first-order valence-electron chi connectivity index (χ1n) is 7.63. The van der Waals surface area contributed by atoms with Gasteiger partial charge in [0.25, 0.3) is 0 Å². The highest BCUT2D eigenvalue weighted by Gasteiger charge is 2.24. The maximum atomic E-state index is 12.3. The van der Waals surface area contributed by atoms with Crippen LogP contribution in [0.25, 0.3) is 0 Å². The first-order chi connectivity index (χ1) is 11.0. The fourth-order valence-electron chi connectivity index (χ4n) is 2.78. The third-order valence-corrected chi connectivity index (χ3v) is 4.03. The van der Waals surface area contributed by atoms with Crippen LogP contribution < -0.4 is 5.32 Å². The van der Waals surface area contributed by atoms with Crippen LogP contribution in [0.2, 0.25) is 5.02 Å². The first kappa shape index (κ1) is 17.4. The minimum Gasteiger partial charge on any atom is -0.325 e. The Morgan fingerprint density at radius 3 is 2.48 bits per heavy atom. The number of nitrogens with one attached hydrogen (secondary N) is 1. The van der Waals surface area contributed by atoms with E-state index < -0.39 is 0 Å². The van der Waals surface area contributed by atoms with Crippen molar-refractivity contribution < 1.29 is 4.79 Å². The number of carbonyl (C=O) groups is 1. The normalized spacial score (nSPS) is 12.4. The van der Waals surface area contributed by atoms with Gasteiger partial charge in [0, 0.05) is 29.1 Å². The Bertz CT molecular complexity index is 646. The summed E-state index contributed by atoms with van der Waals surface area (Å²) in [7, 11) is 1.94. The zero-order chi connectivity index (χ0) is 16.8. The molecule has 1 aromatic carbocycles. The average Bonchev–Trinajstić information content (AvgIpc) is 2.50. The highest BCUT2D eigenvalue weighted by atomic mass is 35.5. The Labute approximate surface area is 142 Å². The number of aromatic nitrogens is 1. The summed E-state index contributed by atoms with van der Waals surface area (Å²) in [5.74, 6) is 0.269. The first-order valence-corrected chi connectivity index (χ1v) is 8.01. The lowest BCUT2D eigenvalue weighted by atomic mass is 9.94. The second-order valence-corrected chi connectivity index (χ2v) is 6.32. The summed E-state index contributed by atoms with van der Waals surface area (Å²) in [5, 5.41) is 3.61. The van der Waals surface area contributed by atoms with Crippen LogP contribution in [0.5, 0.6) is 0 Å². The minimum absolute atomic E-state index is 0.0589. The summed E-state index contributed by atoms with van der Waals surface area (Å²) in [6, 6.07) is 11.4. The molecule has 0 aliphatic heterocycles. The van der Waals surface area contributed by atoms with E-state index in [0.717, 1.165) is 16.3 Å². The van der Waals surface area contributed by atoms with Gasteiger partial charge in [0.15, 0.2) is 0 Å². The second kappa shape index (κ2) is 8.09. The van der Waals surface area contributed by atoms with Crippen LogP contribution in [-0.4, -0.2) is 29.4 Å². The van der Waals surface area contributed by atoms with Gasteiger partial charge in [-0.2, -0.15) is 0 Å². The Balaban J connectivity index is 2.08. The second-order valence-electron chi connectivity index (χ2n) is 5.91. The Morgan fingerprint density at radius 1 is 1.22 bits per heavy atom. The van der Waals surface area contributed by atoms with Gasteiger partial charge >= 0.3 is 0 Å². The molecular weight excluding hydrogens is 310 g/mol. The monoisotopic (exact) mass is 331 g/mol. The lowest BCUT2D eigenvalue weighted by Gasteiger charge is -2.31. The van der Waals surface area contributed by atoms with Crippen molar-refractivity contribution in [2.24, 2.45) is 5.92 Å². The molecule has 1 aromatic heterocycles. The van der Waals surface area contributed by atoms with E-state index in [0.29, 0.717) is 5.92 Å². The van der Waals surface area contributed by atoms with Crippen molar-refractivity contribution in [2.45, 2.75) is 19.9 Å². The molecule has 0 radical (unpaired) electrons. The van der Waals surface area contributed by atoms with Gasteiger partial charge in [0.2, 0.25) is 5.91 Å². The molecule has 2 aromatic rings. The zero-order valence-electron chi connectivity index (χ0n) is 13.7. The van der Waals surface area contributed by atoms with Crippen LogP contribution in [-0.2, 0) is 4.79 Å². The lowest BCUT2D eigenvalue weighted by Crippen LogP contribution is -2.35. The molecule has 1 heterocycles. The number of nitrogens with zero attached hydrogens (tertiary/aromatic N) is 2. The van der Waals surface area contributed by atoms with Crippen LogP contribution in [0, 0.1) is 5.92 Å². The van der Waals surface area contributed by atoms with Crippen molar-refractivity contribution in [3.05, 3.63) is 59.4 Å². The van der Waals surface area contributed by atoms with E-state index >= 15 is 0 Å². The van der Waals surface area contributed by atoms with E-state index in [1.807, 2.05) is 36.2 Å². The average molecular weight is 332 g/mol. The Morgan fingerprint density at radius 2 is 1.87 bits per heavy atom. The van der Waals surface area contributed by atoms with Gasteiger partial charge in [-0.05, 0) is 36.7 Å². The topological polar surface area (TPSA) is 45.2 Å². The van der Waals surface area contributed by atoms with Gasteiger partial charge in [0.05, 0.1) is 6.54 Å². The van der Waals surface area contributed by atoms with E-state index in [2.05, 4.69) is 24.1 Å². The van der Waals surface area contributed by atoms with Crippen LogP contribution in [0.3, 0.4) is 0 Å². The molecule has 1 amide bonds. The van der Waals surface area contributed by atoms with Gasteiger partial charge in [-0.25, -0.2) is 0 Å². The molecule has 1 atom stereocenters. The highest BCUT2D eigenvalue weighted by Crippen LogP contribution is 2.32. The standard InChI is InChI=1S/C18H22ClN3O/c1-13(2)18(15-6-4-5-7-16(15)19)22(3)12-17(23)21-14-8-10-20-11-9-14/h4-11,13,18H,12H2,1-3H3,(H,20,21,23). The summed E-state index contributed by atoms with van der Waals surface area (Å²) >= 11 is 6.34. The molecule has 23 heavy (non-hydrogen) atoms. The number of pyridine rings is 1. The molecule has 122 valence electrons. The van der Waals surface area contributed by atoms with Gasteiger partial charge in [-0.1, -0.05) is 43.6 Å². The molecule has 2 rings (SSSR count). The fourth-order valence-corrected chi connectivity index (χ4v) is 3.03. The number of hydrogen-bond acceptors (Lipinski definition) is 3. The molecule has 1 unspecified atom stereocenters. The number of benzene rings is 1. The van der Waals surface area contributed by atoms with Crippen LogP contribution in [0.1, 0.15) is 25.5 Å². The predicted octanol–water partition coefficient (Wildman–Crippen LogP) is 4.00. The van der Waals surface area contributed by atoms with E-state index in [-0.39, 0.29) is 18.5 Å². The van der Waals surface area contributed by atoms with Crippen LogP contribution in [0.15, 0.2) is 48.8 Å². The van der Waals surface area contributed by atoms with E-state index in [1.54, 1.807) is 24.5 Å². The summed E-state index contributed by atoms with van der Waals surface area (Å²) in [4.78, 5) is 18.2. The molecule has 1 N–H and O–H groups in total. The van der Waals surface area contributed by atoms with E-state index in [4.69, 9.17) is 11.6 Å². The van der Waals surface area contributed by atoms with Gasteiger partial charge in [-0.3, -0.25) is 14.7 Å². The maximum Gasteiger partial charge on any atom is 0.238 e. The number of halogens is 1. The highest BCUT2D eigenvalue weighted by molar-refractivity contribution is 6.31. The Hall–Kier alpha value is -1.91. The lowest BCUT2D eigenvalue weighted by molar-refractivity contribution is -0.117. The number of anilines is 1. The predicted molar refractivity (Wildman–Crippen MR) is 94.5 cm³/mol. The molecule has 5 heteroatoms. The van der Waals surface area contributed by atoms with E-state index in [9.17, 15) is 4.79 Å². The number of amides is 1. The summed E-state index contributed by atoms with van der Waals surface area (Å²) in [6.45, 7) is 4.55. The fraction of sp³-hybridized carbons (Fsp3) is 0.333. The summed E-state index contributed by atoms with van der Waals surface area (Å²) in [5.41, 5.74) is 1.79. The molecule has 0 saturated carbocycles. The largest absolute Gasteiger partial charge is 0.325 e. The third kappa shape index (κ3) is 4.78. The van der Waals surface area contributed by atoms with Gasteiger partial charge in [0.1, 0.15) is 0 Å². The minimum atomic E-state index is -0.0589. The SMILES string of the molecule is CC(C)C(c1ccccc1Cl)N(C)CC(=O)Nc1ccncc1. The summed E-state index contributed by atoms with van der Waals surface area (Å²) in [6.07, 6.45) is 3.31. The molecule has 0 aliphatic carbocycles. The van der Waals surface area contributed by atoms with Crippen molar-refractivity contribution in [1.29, 1.82) is 0 Å². The van der Waals surface area contributed by atoms with Crippen LogP contribution >= 0.6 is 11.6 Å². The number of hydrogen-bond donors (Lipinski definition) is 1. The van der Waals surface area contributed by atoms with Crippen molar-refractivity contribution in [3.8, 4) is 0 Å². The molecule has 0 bridgehead atoms. The van der Waals surface area contributed by atoms with Gasteiger partial charge < -0.3 is 5.32 Å². The van der Waals surface area contributed by atoms with Crippen molar-refractivity contribution in [3.63, 3.8) is 0 Å². The zero-order valence-corrected chi connectivity index (χ0v) is 14.4. The number of carbonyl (C=O) groups excluding carboxylic acids is 1. The smallest absolute Gasteiger partial charge is 0.238 e.